The van der Waals surface area contributed by atoms with Crippen LogP contribution >= 0.6 is 11.3 Å². The third kappa shape index (κ3) is 4.22. The van der Waals surface area contributed by atoms with E-state index in [9.17, 15) is 0 Å². The molecule has 0 unspecified atom stereocenters. The molecule has 5 nitrogen and oxygen atoms in total. The molecular weight excluding hydrogens is 344 g/mol. The number of nitrogens with one attached hydrogen (secondary N) is 1. The Kier molecular flexibility index (Phi) is 5.76. The highest BCUT2D eigenvalue weighted by atomic mass is 32.1. The van der Waals surface area contributed by atoms with Gasteiger partial charge in [-0.1, -0.05) is 24.3 Å². The molecule has 136 valence electrons. The first-order chi connectivity index (χ1) is 12.9. The lowest BCUT2D eigenvalue weighted by molar-refractivity contribution is -0.920. The number of hydrogen-bond acceptors (Lipinski definition) is 3. The van der Waals surface area contributed by atoms with Gasteiger partial charge < -0.3 is 15.0 Å². The zero-order chi connectivity index (χ0) is 17.6. The Bertz CT molecular complexity index is 795. The van der Waals surface area contributed by atoms with Crippen molar-refractivity contribution in [2.24, 2.45) is 0 Å². The van der Waals surface area contributed by atoms with Crippen LogP contribution in [0.3, 0.4) is 0 Å². The second kappa shape index (κ2) is 8.60. The molecule has 0 aliphatic carbocycles. The maximum atomic E-state index is 5.44. The van der Waals surface area contributed by atoms with E-state index in [1.54, 1.807) is 16.2 Å². The van der Waals surface area contributed by atoms with Crippen molar-refractivity contribution in [3.05, 3.63) is 59.6 Å². The molecule has 1 aliphatic heterocycles. The molecule has 3 N–H and O–H groups in total. The summed E-state index contributed by atoms with van der Waals surface area (Å²) in [6.45, 7) is 7.38. The van der Waals surface area contributed by atoms with Gasteiger partial charge in [0, 0.05) is 6.20 Å². The van der Waals surface area contributed by atoms with E-state index < -0.39 is 0 Å². The van der Waals surface area contributed by atoms with Gasteiger partial charge in [-0.05, 0) is 23.6 Å². The summed E-state index contributed by atoms with van der Waals surface area (Å²) in [5.41, 5.74) is 3.52. The van der Waals surface area contributed by atoms with Gasteiger partial charge in [-0.15, -0.1) is 11.3 Å². The molecule has 0 bridgehead atoms. The molecule has 1 aliphatic rings. The van der Waals surface area contributed by atoms with E-state index in [0.29, 0.717) is 0 Å². The highest BCUT2D eigenvalue weighted by Gasteiger charge is 2.16. The lowest BCUT2D eigenvalue weighted by atomic mass is 10.2. The molecule has 0 radical (unpaired) electrons. The summed E-state index contributed by atoms with van der Waals surface area (Å²) in [5.74, 6) is 0. The number of ether oxygens (including phenoxy) is 1. The van der Waals surface area contributed by atoms with Crippen molar-refractivity contribution >= 4 is 11.3 Å². The van der Waals surface area contributed by atoms with E-state index in [0.717, 1.165) is 50.8 Å². The summed E-state index contributed by atoms with van der Waals surface area (Å²) < 4.78 is 7.44. The normalized spacial score (nSPS) is 15.4. The largest absolute Gasteiger partial charge is 0.370 e. The summed E-state index contributed by atoms with van der Waals surface area (Å²) in [4.78, 5) is 2.90. The minimum absolute atomic E-state index is 0.904. The number of quaternary nitrogens is 2. The predicted molar refractivity (Wildman–Crippen MR) is 104 cm³/mol. The van der Waals surface area contributed by atoms with Crippen molar-refractivity contribution in [2.75, 3.05) is 39.4 Å². The highest BCUT2D eigenvalue weighted by Crippen LogP contribution is 2.27. The third-order valence-corrected chi connectivity index (χ3v) is 5.71. The summed E-state index contributed by atoms with van der Waals surface area (Å²) in [7, 11) is 0. The van der Waals surface area contributed by atoms with Crippen LogP contribution in [0.25, 0.3) is 16.3 Å². The molecule has 1 fully saturated rings. The molecule has 26 heavy (non-hydrogen) atoms. The molecule has 3 aromatic rings. The molecule has 4 rings (SSSR count). The first kappa shape index (κ1) is 17.4. The van der Waals surface area contributed by atoms with E-state index in [1.165, 1.54) is 17.0 Å². The zero-order valence-corrected chi connectivity index (χ0v) is 15.8. The van der Waals surface area contributed by atoms with Gasteiger partial charge in [0.05, 0.1) is 29.3 Å². The average Bonchev–Trinajstić information content (AvgIpc) is 3.36. The van der Waals surface area contributed by atoms with Crippen LogP contribution in [0.2, 0.25) is 0 Å². The lowest BCUT2D eigenvalue weighted by Gasteiger charge is -2.22. The SMILES string of the molecule is c1ccc(-n2cc(C[NH2+]CC[NH+]3CCOCC3)c(-c3cccs3)n2)cc1. The number of thiophene rings is 1. The summed E-state index contributed by atoms with van der Waals surface area (Å²) >= 11 is 1.75. The molecule has 3 heterocycles. The monoisotopic (exact) mass is 370 g/mol. The first-order valence-corrected chi connectivity index (χ1v) is 10.2. The number of nitrogens with two attached hydrogens (primary N) is 1. The van der Waals surface area contributed by atoms with Crippen molar-refractivity contribution < 1.29 is 15.0 Å². The molecule has 0 spiro atoms. The smallest absolute Gasteiger partial charge is 0.127 e. The predicted octanol–water partition coefficient (Wildman–Crippen LogP) is 0.579. The summed E-state index contributed by atoms with van der Waals surface area (Å²) in [6, 6.07) is 14.6. The fourth-order valence-electron chi connectivity index (χ4n) is 3.37. The Labute approximate surface area is 158 Å². The van der Waals surface area contributed by atoms with Crippen LogP contribution in [-0.4, -0.2) is 49.2 Å². The van der Waals surface area contributed by atoms with Gasteiger partial charge in [0.15, 0.2) is 0 Å². The number of hydrogen-bond donors (Lipinski definition) is 2. The molecule has 0 amide bonds. The van der Waals surface area contributed by atoms with Gasteiger partial charge in [-0.2, -0.15) is 5.10 Å². The second-order valence-corrected chi connectivity index (χ2v) is 7.60. The molecular formula is C20H26N4OS+2. The number of nitrogens with zero attached hydrogens (tertiary/aromatic N) is 2. The Morgan fingerprint density at radius 1 is 1.12 bits per heavy atom. The topological polar surface area (TPSA) is 48.1 Å². The lowest BCUT2D eigenvalue weighted by Crippen LogP contribution is -3.16. The minimum Gasteiger partial charge on any atom is -0.370 e. The summed E-state index contributed by atoms with van der Waals surface area (Å²) in [5, 5.41) is 9.40. The fourth-order valence-corrected chi connectivity index (χ4v) is 4.11. The second-order valence-electron chi connectivity index (χ2n) is 6.65. The number of para-hydroxylation sites is 1. The Balaban J connectivity index is 1.44. The molecule has 6 heteroatoms. The van der Waals surface area contributed by atoms with Crippen molar-refractivity contribution in [2.45, 2.75) is 6.54 Å². The maximum Gasteiger partial charge on any atom is 0.127 e. The quantitative estimate of drug-likeness (QED) is 0.598. The van der Waals surface area contributed by atoms with Gasteiger partial charge in [-0.3, -0.25) is 0 Å². The van der Waals surface area contributed by atoms with Crippen molar-refractivity contribution in [1.29, 1.82) is 0 Å². The van der Waals surface area contributed by atoms with Crippen LogP contribution in [0.5, 0.6) is 0 Å². The fraction of sp³-hybridized carbons (Fsp3) is 0.350. The van der Waals surface area contributed by atoms with E-state index in [2.05, 4.69) is 53.3 Å². The molecule has 2 aromatic heterocycles. The van der Waals surface area contributed by atoms with E-state index in [4.69, 9.17) is 9.84 Å². The molecule has 0 atom stereocenters. The Morgan fingerprint density at radius 2 is 1.96 bits per heavy atom. The Hall–Kier alpha value is -1.99. The average molecular weight is 371 g/mol. The number of aromatic nitrogens is 2. The maximum absolute atomic E-state index is 5.44. The van der Waals surface area contributed by atoms with Crippen LogP contribution in [0.15, 0.2) is 54.0 Å². The van der Waals surface area contributed by atoms with Crippen LogP contribution in [0.1, 0.15) is 5.56 Å². The standard InChI is InChI=1S/C20H24N4OS/c1-2-5-18(6-3-1)24-16-17(20(22-24)19-7-4-14-26-19)15-21-8-9-23-10-12-25-13-11-23/h1-7,14,16,21H,8-13,15H2/p+2. The minimum atomic E-state index is 0.904. The van der Waals surface area contributed by atoms with E-state index >= 15 is 0 Å². The van der Waals surface area contributed by atoms with Crippen LogP contribution in [0.4, 0.5) is 0 Å². The van der Waals surface area contributed by atoms with Crippen molar-refractivity contribution in [3.8, 4) is 16.3 Å². The van der Waals surface area contributed by atoms with Gasteiger partial charge in [0.1, 0.15) is 38.4 Å². The number of rotatable bonds is 7. The van der Waals surface area contributed by atoms with Gasteiger partial charge in [0.25, 0.3) is 0 Å². The molecule has 1 saturated heterocycles. The zero-order valence-electron chi connectivity index (χ0n) is 14.9. The molecule has 1 aromatic carbocycles. The van der Waals surface area contributed by atoms with Gasteiger partial charge in [-0.25, -0.2) is 4.68 Å². The third-order valence-electron chi connectivity index (χ3n) is 4.83. The number of morpholine rings is 1. The number of benzene rings is 1. The van der Waals surface area contributed by atoms with E-state index in [-0.39, 0.29) is 0 Å². The van der Waals surface area contributed by atoms with Crippen molar-refractivity contribution in [1.82, 2.24) is 9.78 Å². The molecule has 0 saturated carbocycles. The van der Waals surface area contributed by atoms with Crippen LogP contribution < -0.4 is 10.2 Å². The van der Waals surface area contributed by atoms with Gasteiger partial charge >= 0.3 is 0 Å². The Morgan fingerprint density at radius 3 is 2.73 bits per heavy atom. The highest BCUT2D eigenvalue weighted by molar-refractivity contribution is 7.13. The summed E-state index contributed by atoms with van der Waals surface area (Å²) in [6.07, 6.45) is 2.18. The van der Waals surface area contributed by atoms with E-state index in [1.807, 2.05) is 10.7 Å². The first-order valence-electron chi connectivity index (χ1n) is 9.31. The van der Waals surface area contributed by atoms with Crippen LogP contribution in [-0.2, 0) is 11.3 Å². The van der Waals surface area contributed by atoms with Gasteiger partial charge in [0.2, 0.25) is 0 Å². The van der Waals surface area contributed by atoms with Crippen molar-refractivity contribution in [3.63, 3.8) is 0 Å². The van der Waals surface area contributed by atoms with Crippen LogP contribution in [0, 0.1) is 0 Å².